The van der Waals surface area contributed by atoms with E-state index < -0.39 is 0 Å². The molecule has 90 valence electrons. The van der Waals surface area contributed by atoms with E-state index in [0.717, 1.165) is 31.4 Å². The van der Waals surface area contributed by atoms with Gasteiger partial charge < -0.3 is 4.74 Å². The van der Waals surface area contributed by atoms with Crippen molar-refractivity contribution >= 4 is 11.7 Å². The number of rotatable bonds is 1. The summed E-state index contributed by atoms with van der Waals surface area (Å²) in [5.41, 5.74) is 1.25. The first kappa shape index (κ1) is 11.6. The summed E-state index contributed by atoms with van der Waals surface area (Å²) in [5, 5.41) is 0. The highest BCUT2D eigenvalue weighted by atomic mass is 16.5. The van der Waals surface area contributed by atoms with Crippen molar-refractivity contribution in [2.75, 3.05) is 0 Å². The summed E-state index contributed by atoms with van der Waals surface area (Å²) in [7, 11) is 0. The molecule has 0 aromatic rings. The molecule has 0 N–H and O–H groups in total. The van der Waals surface area contributed by atoms with Gasteiger partial charge in [-0.25, -0.2) is 4.79 Å². The number of nitrogens with zero attached hydrogens (tertiary/aromatic N) is 1. The number of hydrogen-bond donors (Lipinski definition) is 0. The molecule has 0 amide bonds. The Bertz CT molecular complexity index is 314. The van der Waals surface area contributed by atoms with E-state index in [9.17, 15) is 4.79 Å². The minimum absolute atomic E-state index is 0.00234. The first-order valence-corrected chi connectivity index (χ1v) is 6.23. The van der Waals surface area contributed by atoms with Gasteiger partial charge in [0.2, 0.25) is 0 Å². The fraction of sp³-hybridized carbons (Fsp3) is 0.846. The normalized spacial score (nSPS) is 30.4. The van der Waals surface area contributed by atoms with E-state index in [0.29, 0.717) is 0 Å². The van der Waals surface area contributed by atoms with E-state index in [2.05, 4.69) is 25.8 Å². The highest BCUT2D eigenvalue weighted by molar-refractivity contribution is 5.96. The largest absolute Gasteiger partial charge is 0.455 e. The average molecular weight is 223 g/mol. The zero-order valence-electron chi connectivity index (χ0n) is 10.5. The van der Waals surface area contributed by atoms with Crippen molar-refractivity contribution in [2.45, 2.75) is 65.0 Å². The van der Waals surface area contributed by atoms with Gasteiger partial charge in [-0.05, 0) is 37.5 Å². The summed E-state index contributed by atoms with van der Waals surface area (Å²) < 4.78 is 5.48. The number of aliphatic imine (C=N–C) groups is 1. The van der Waals surface area contributed by atoms with Crippen LogP contribution in [0.4, 0.5) is 0 Å². The standard InChI is InChI=1S/C13H21NO2/c1-13(2,3)8-10-12(15)16-11-7-5-4-6-9(11)14-10/h10-11H,4-8H2,1-3H3/t10-,11+/m0/s1. The molecule has 1 aliphatic carbocycles. The number of esters is 1. The smallest absolute Gasteiger partial charge is 0.331 e. The predicted molar refractivity (Wildman–Crippen MR) is 63.6 cm³/mol. The predicted octanol–water partition coefficient (Wildman–Crippen LogP) is 2.73. The fourth-order valence-electron chi connectivity index (χ4n) is 2.42. The second-order valence-electron chi connectivity index (χ2n) is 6.07. The Morgan fingerprint density at radius 2 is 2.12 bits per heavy atom. The van der Waals surface area contributed by atoms with Crippen LogP contribution in [0.25, 0.3) is 0 Å². The molecule has 1 aliphatic heterocycles. The molecule has 0 spiro atoms. The van der Waals surface area contributed by atoms with Crippen LogP contribution >= 0.6 is 0 Å². The Labute approximate surface area is 97.3 Å². The van der Waals surface area contributed by atoms with Gasteiger partial charge in [-0.3, -0.25) is 4.99 Å². The van der Waals surface area contributed by atoms with Gasteiger partial charge in [0.1, 0.15) is 12.1 Å². The number of ether oxygens (including phenoxy) is 1. The Hall–Kier alpha value is -0.860. The van der Waals surface area contributed by atoms with Crippen molar-refractivity contribution in [2.24, 2.45) is 10.4 Å². The number of hydrogen-bond acceptors (Lipinski definition) is 3. The summed E-state index contributed by atoms with van der Waals surface area (Å²) in [6, 6.07) is -0.260. The Kier molecular flexibility index (Phi) is 3.04. The van der Waals surface area contributed by atoms with Crippen LogP contribution in [0.15, 0.2) is 4.99 Å². The van der Waals surface area contributed by atoms with E-state index in [4.69, 9.17) is 4.74 Å². The lowest BCUT2D eigenvalue weighted by Gasteiger charge is -2.32. The van der Waals surface area contributed by atoms with Crippen molar-refractivity contribution in [1.29, 1.82) is 0 Å². The average Bonchev–Trinajstić information content (AvgIpc) is 2.17. The SMILES string of the molecule is CC(C)(C)C[C@@H]1N=C2CCCC[C@H]2OC1=O. The maximum atomic E-state index is 11.8. The lowest BCUT2D eigenvalue weighted by molar-refractivity contribution is -0.150. The molecule has 0 unspecified atom stereocenters. The highest BCUT2D eigenvalue weighted by Gasteiger charge is 2.35. The third-order valence-electron chi connectivity index (χ3n) is 3.18. The van der Waals surface area contributed by atoms with E-state index in [1.807, 2.05) is 0 Å². The molecule has 2 rings (SSSR count). The van der Waals surface area contributed by atoms with E-state index in [-0.39, 0.29) is 23.5 Å². The molecule has 0 bridgehead atoms. The van der Waals surface area contributed by atoms with Crippen LogP contribution in [0.2, 0.25) is 0 Å². The number of fused-ring (bicyclic) bond motifs is 1. The first-order valence-electron chi connectivity index (χ1n) is 6.23. The molecule has 3 nitrogen and oxygen atoms in total. The second-order valence-corrected chi connectivity index (χ2v) is 6.07. The molecule has 0 saturated heterocycles. The second kappa shape index (κ2) is 4.19. The molecule has 16 heavy (non-hydrogen) atoms. The Morgan fingerprint density at radius 3 is 2.81 bits per heavy atom. The summed E-state index contributed by atoms with van der Waals surface area (Å²) in [6.07, 6.45) is 5.10. The van der Waals surface area contributed by atoms with E-state index >= 15 is 0 Å². The van der Waals surface area contributed by atoms with E-state index in [1.165, 1.54) is 6.42 Å². The molecule has 0 aromatic heterocycles. The first-order chi connectivity index (χ1) is 7.46. The van der Waals surface area contributed by atoms with Crippen LogP contribution in [-0.4, -0.2) is 23.8 Å². The summed E-state index contributed by atoms with van der Waals surface area (Å²) in [4.78, 5) is 16.4. The third-order valence-corrected chi connectivity index (χ3v) is 3.18. The molecular formula is C13H21NO2. The van der Waals surface area contributed by atoms with Crippen LogP contribution in [-0.2, 0) is 9.53 Å². The molecular weight excluding hydrogens is 202 g/mol. The molecule has 3 heteroatoms. The summed E-state index contributed by atoms with van der Waals surface area (Å²) >= 11 is 0. The molecule has 1 heterocycles. The third kappa shape index (κ3) is 2.63. The lowest BCUT2D eigenvalue weighted by Crippen LogP contribution is -2.41. The van der Waals surface area contributed by atoms with Crippen LogP contribution < -0.4 is 0 Å². The zero-order valence-corrected chi connectivity index (χ0v) is 10.5. The minimum Gasteiger partial charge on any atom is -0.455 e. The van der Waals surface area contributed by atoms with Crippen LogP contribution in [0.5, 0.6) is 0 Å². The lowest BCUT2D eigenvalue weighted by atomic mass is 9.87. The Balaban J connectivity index is 2.11. The molecule has 2 aliphatic rings. The quantitative estimate of drug-likeness (QED) is 0.641. The van der Waals surface area contributed by atoms with Gasteiger partial charge in [-0.2, -0.15) is 0 Å². The van der Waals surface area contributed by atoms with Gasteiger partial charge in [-0.1, -0.05) is 20.8 Å². The molecule has 1 fully saturated rings. The fourth-order valence-corrected chi connectivity index (χ4v) is 2.42. The molecule has 0 radical (unpaired) electrons. The zero-order chi connectivity index (χ0) is 11.8. The summed E-state index contributed by atoms with van der Waals surface area (Å²) in [5.74, 6) is -0.120. The molecule has 2 atom stereocenters. The van der Waals surface area contributed by atoms with Crippen molar-refractivity contribution in [3.63, 3.8) is 0 Å². The topological polar surface area (TPSA) is 38.7 Å². The van der Waals surface area contributed by atoms with Crippen molar-refractivity contribution < 1.29 is 9.53 Å². The van der Waals surface area contributed by atoms with Gasteiger partial charge >= 0.3 is 5.97 Å². The van der Waals surface area contributed by atoms with Gasteiger partial charge in [0.15, 0.2) is 0 Å². The van der Waals surface area contributed by atoms with Crippen LogP contribution in [0, 0.1) is 5.41 Å². The van der Waals surface area contributed by atoms with Gasteiger partial charge in [0.25, 0.3) is 0 Å². The van der Waals surface area contributed by atoms with Crippen LogP contribution in [0.3, 0.4) is 0 Å². The monoisotopic (exact) mass is 223 g/mol. The highest BCUT2D eigenvalue weighted by Crippen LogP contribution is 2.29. The maximum Gasteiger partial charge on any atom is 0.331 e. The van der Waals surface area contributed by atoms with Gasteiger partial charge in [-0.15, -0.1) is 0 Å². The molecule has 0 aromatic carbocycles. The van der Waals surface area contributed by atoms with Crippen molar-refractivity contribution in [3.05, 3.63) is 0 Å². The van der Waals surface area contributed by atoms with Gasteiger partial charge in [0, 0.05) is 0 Å². The number of carbonyl (C=O) groups excluding carboxylic acids is 1. The van der Waals surface area contributed by atoms with Crippen molar-refractivity contribution in [1.82, 2.24) is 0 Å². The molecule has 1 saturated carbocycles. The van der Waals surface area contributed by atoms with Crippen LogP contribution in [0.1, 0.15) is 52.9 Å². The van der Waals surface area contributed by atoms with Crippen molar-refractivity contribution in [3.8, 4) is 0 Å². The Morgan fingerprint density at radius 1 is 1.38 bits per heavy atom. The minimum atomic E-state index is -0.260. The van der Waals surface area contributed by atoms with E-state index in [1.54, 1.807) is 0 Å². The van der Waals surface area contributed by atoms with Gasteiger partial charge in [0.05, 0.1) is 5.71 Å². The summed E-state index contributed by atoms with van der Waals surface area (Å²) in [6.45, 7) is 6.40. The number of carbonyl (C=O) groups is 1. The maximum absolute atomic E-state index is 11.8.